The fourth-order valence-electron chi connectivity index (χ4n) is 2.68. The molecule has 0 atom stereocenters. The van der Waals surface area contributed by atoms with Gasteiger partial charge in [-0.1, -0.05) is 23.7 Å². The lowest BCUT2D eigenvalue weighted by atomic mass is 9.98. The lowest BCUT2D eigenvalue weighted by Gasteiger charge is -2.29. The minimum atomic E-state index is 0.670. The molecule has 2 aromatic carbocycles. The van der Waals surface area contributed by atoms with Crippen molar-refractivity contribution in [3.05, 3.63) is 58.6 Å². The third kappa shape index (κ3) is 3.49. The second kappa shape index (κ2) is 6.37. The summed E-state index contributed by atoms with van der Waals surface area (Å²) in [6, 6.07) is 13.7. The molecule has 2 aromatic rings. The predicted octanol–water partition coefficient (Wildman–Crippen LogP) is 3.36. The summed E-state index contributed by atoms with van der Waals surface area (Å²) in [5.74, 6) is 0.858. The summed E-state index contributed by atoms with van der Waals surface area (Å²) in [5.41, 5.74) is 9.62. The highest BCUT2D eigenvalue weighted by Gasteiger charge is 2.17. The van der Waals surface area contributed by atoms with Crippen molar-refractivity contribution in [2.24, 2.45) is 0 Å². The molecule has 0 saturated carbocycles. The summed E-state index contributed by atoms with van der Waals surface area (Å²) in [5, 5.41) is 0.727. The van der Waals surface area contributed by atoms with Crippen LogP contribution in [0.2, 0.25) is 5.02 Å². The van der Waals surface area contributed by atoms with Gasteiger partial charge in [0.05, 0.1) is 0 Å². The highest BCUT2D eigenvalue weighted by molar-refractivity contribution is 6.30. The van der Waals surface area contributed by atoms with E-state index < -0.39 is 0 Å². The van der Waals surface area contributed by atoms with E-state index in [1.807, 2.05) is 36.4 Å². The quantitative estimate of drug-likeness (QED) is 0.880. The van der Waals surface area contributed by atoms with E-state index in [4.69, 9.17) is 22.1 Å². The van der Waals surface area contributed by atoms with Crippen LogP contribution in [-0.4, -0.2) is 24.6 Å². The molecule has 0 radical (unpaired) electrons. The molecule has 0 fully saturated rings. The first-order valence-corrected chi connectivity index (χ1v) is 7.57. The third-order valence-corrected chi connectivity index (χ3v) is 4.13. The summed E-state index contributed by atoms with van der Waals surface area (Å²) in [6.07, 6.45) is 1.06. The molecule has 0 bridgehead atoms. The summed E-state index contributed by atoms with van der Waals surface area (Å²) < 4.78 is 5.75. The molecule has 1 aliphatic heterocycles. The van der Waals surface area contributed by atoms with Gasteiger partial charge < -0.3 is 10.5 Å². The maximum absolute atomic E-state index is 6.07. The minimum Gasteiger partial charge on any atom is -0.492 e. The number of nitrogen functional groups attached to an aromatic ring is 1. The molecule has 1 aliphatic rings. The van der Waals surface area contributed by atoms with Crippen molar-refractivity contribution in [3.63, 3.8) is 0 Å². The molecule has 0 spiro atoms. The van der Waals surface area contributed by atoms with Gasteiger partial charge in [-0.2, -0.15) is 0 Å². The third-order valence-electron chi connectivity index (χ3n) is 3.88. The Labute approximate surface area is 130 Å². The molecule has 4 heteroatoms. The van der Waals surface area contributed by atoms with E-state index in [-0.39, 0.29) is 0 Å². The zero-order valence-corrected chi connectivity index (χ0v) is 12.6. The Hall–Kier alpha value is -1.71. The van der Waals surface area contributed by atoms with Gasteiger partial charge in [-0.05, 0) is 47.9 Å². The standard InChI is InChI=1S/C17H19ClN2O/c18-14-4-6-15(7-5-14)21-11-10-20-9-8-13-2-1-3-17(19)16(13)12-20/h1-7H,8-12,19H2. The zero-order chi connectivity index (χ0) is 14.7. The largest absolute Gasteiger partial charge is 0.492 e. The molecule has 0 amide bonds. The Morgan fingerprint density at radius 2 is 1.95 bits per heavy atom. The van der Waals surface area contributed by atoms with Crippen LogP contribution in [-0.2, 0) is 13.0 Å². The van der Waals surface area contributed by atoms with Crippen molar-refractivity contribution >= 4 is 17.3 Å². The molecule has 3 rings (SSSR count). The number of fused-ring (bicyclic) bond motifs is 1. The van der Waals surface area contributed by atoms with E-state index in [9.17, 15) is 0 Å². The van der Waals surface area contributed by atoms with Crippen LogP contribution < -0.4 is 10.5 Å². The summed E-state index contributed by atoms with van der Waals surface area (Å²) in [4.78, 5) is 2.38. The number of anilines is 1. The number of rotatable bonds is 4. The Bertz CT molecular complexity index is 613. The number of benzene rings is 2. The molecular weight excluding hydrogens is 284 g/mol. The average Bonchev–Trinajstić information content (AvgIpc) is 2.50. The Kier molecular flexibility index (Phi) is 4.32. The van der Waals surface area contributed by atoms with Crippen LogP contribution in [0.4, 0.5) is 5.69 Å². The average molecular weight is 303 g/mol. The van der Waals surface area contributed by atoms with Crippen molar-refractivity contribution in [2.75, 3.05) is 25.4 Å². The SMILES string of the molecule is Nc1cccc2c1CN(CCOc1ccc(Cl)cc1)CC2. The monoisotopic (exact) mass is 302 g/mol. The normalized spacial score (nSPS) is 14.7. The smallest absolute Gasteiger partial charge is 0.119 e. The molecule has 2 N–H and O–H groups in total. The van der Waals surface area contributed by atoms with Crippen LogP contribution in [0.25, 0.3) is 0 Å². The van der Waals surface area contributed by atoms with Gasteiger partial charge in [-0.25, -0.2) is 0 Å². The molecule has 3 nitrogen and oxygen atoms in total. The maximum atomic E-state index is 6.07. The van der Waals surface area contributed by atoms with Crippen LogP contribution in [0.15, 0.2) is 42.5 Å². The van der Waals surface area contributed by atoms with Gasteiger partial charge >= 0.3 is 0 Å². The zero-order valence-electron chi connectivity index (χ0n) is 11.9. The van der Waals surface area contributed by atoms with Crippen LogP contribution in [0.5, 0.6) is 5.75 Å². The first-order valence-electron chi connectivity index (χ1n) is 7.19. The topological polar surface area (TPSA) is 38.5 Å². The first-order chi connectivity index (χ1) is 10.2. The van der Waals surface area contributed by atoms with Gasteiger partial charge in [0.1, 0.15) is 12.4 Å². The van der Waals surface area contributed by atoms with Crippen molar-refractivity contribution in [1.82, 2.24) is 4.90 Å². The molecule has 0 unspecified atom stereocenters. The van der Waals surface area contributed by atoms with Gasteiger partial charge in [0.25, 0.3) is 0 Å². The highest BCUT2D eigenvalue weighted by Crippen LogP contribution is 2.24. The van der Waals surface area contributed by atoms with Gasteiger partial charge in [0.2, 0.25) is 0 Å². The highest BCUT2D eigenvalue weighted by atomic mass is 35.5. The van der Waals surface area contributed by atoms with E-state index in [1.165, 1.54) is 11.1 Å². The molecule has 0 aliphatic carbocycles. The summed E-state index contributed by atoms with van der Waals surface area (Å²) >= 11 is 5.85. The van der Waals surface area contributed by atoms with E-state index in [1.54, 1.807) is 0 Å². The van der Waals surface area contributed by atoms with Crippen LogP contribution in [0.1, 0.15) is 11.1 Å². The van der Waals surface area contributed by atoms with Crippen LogP contribution in [0, 0.1) is 0 Å². The second-order valence-electron chi connectivity index (χ2n) is 5.31. The molecule has 21 heavy (non-hydrogen) atoms. The van der Waals surface area contributed by atoms with Crippen LogP contribution in [0.3, 0.4) is 0 Å². The van der Waals surface area contributed by atoms with Crippen molar-refractivity contribution < 1.29 is 4.74 Å². The van der Waals surface area contributed by atoms with E-state index in [0.29, 0.717) is 6.61 Å². The van der Waals surface area contributed by atoms with Gasteiger partial charge in [-0.3, -0.25) is 4.90 Å². The number of hydrogen-bond acceptors (Lipinski definition) is 3. The summed E-state index contributed by atoms with van der Waals surface area (Å²) in [6.45, 7) is 3.53. The predicted molar refractivity (Wildman–Crippen MR) is 86.8 cm³/mol. The van der Waals surface area contributed by atoms with Crippen LogP contribution >= 0.6 is 11.6 Å². The molecular formula is C17H19ClN2O. The molecule has 1 heterocycles. The van der Waals surface area contributed by atoms with E-state index >= 15 is 0 Å². The van der Waals surface area contributed by atoms with Gasteiger partial charge in [0.15, 0.2) is 0 Å². The first kappa shape index (κ1) is 14.2. The number of hydrogen-bond donors (Lipinski definition) is 1. The number of nitrogens with zero attached hydrogens (tertiary/aromatic N) is 1. The van der Waals surface area contributed by atoms with Gasteiger partial charge in [-0.15, -0.1) is 0 Å². The van der Waals surface area contributed by atoms with Gasteiger partial charge in [0, 0.05) is 30.3 Å². The fraction of sp³-hybridized carbons (Fsp3) is 0.294. The Morgan fingerprint density at radius 1 is 1.14 bits per heavy atom. The molecule has 0 aromatic heterocycles. The summed E-state index contributed by atoms with van der Waals surface area (Å²) in [7, 11) is 0. The van der Waals surface area contributed by atoms with E-state index in [0.717, 1.165) is 42.5 Å². The van der Waals surface area contributed by atoms with Crippen molar-refractivity contribution in [2.45, 2.75) is 13.0 Å². The Morgan fingerprint density at radius 3 is 2.76 bits per heavy atom. The van der Waals surface area contributed by atoms with Crippen molar-refractivity contribution in [1.29, 1.82) is 0 Å². The lowest BCUT2D eigenvalue weighted by molar-refractivity contribution is 0.196. The lowest BCUT2D eigenvalue weighted by Crippen LogP contribution is -2.34. The number of halogens is 1. The molecule has 0 saturated heterocycles. The second-order valence-corrected chi connectivity index (χ2v) is 5.75. The Balaban J connectivity index is 1.53. The number of ether oxygens (including phenoxy) is 1. The van der Waals surface area contributed by atoms with E-state index in [2.05, 4.69) is 11.0 Å². The minimum absolute atomic E-state index is 0.670. The maximum Gasteiger partial charge on any atom is 0.119 e. The van der Waals surface area contributed by atoms with Crippen molar-refractivity contribution in [3.8, 4) is 5.75 Å². The fourth-order valence-corrected chi connectivity index (χ4v) is 2.80. The molecule has 110 valence electrons. The number of nitrogens with two attached hydrogens (primary N) is 1.